The van der Waals surface area contributed by atoms with E-state index in [1.807, 2.05) is 39.8 Å². The zero-order valence-electron chi connectivity index (χ0n) is 10.6. The first-order valence-electron chi connectivity index (χ1n) is 5.52. The lowest BCUT2D eigenvalue weighted by atomic mass is 10.0. The highest BCUT2D eigenvalue weighted by Gasteiger charge is 2.14. The summed E-state index contributed by atoms with van der Waals surface area (Å²) in [4.78, 5) is 13.6. The smallest absolute Gasteiger partial charge is 0.221 e. The molecule has 0 heterocycles. The summed E-state index contributed by atoms with van der Waals surface area (Å²) >= 11 is 0. The molecule has 3 N–H and O–H groups in total. The van der Waals surface area contributed by atoms with E-state index in [0.29, 0.717) is 12.3 Å². The van der Waals surface area contributed by atoms with Gasteiger partial charge in [0.1, 0.15) is 0 Å². The number of rotatable bonds is 6. The molecule has 1 amide bonds. The van der Waals surface area contributed by atoms with E-state index in [9.17, 15) is 4.79 Å². The van der Waals surface area contributed by atoms with E-state index in [1.54, 1.807) is 0 Å². The van der Waals surface area contributed by atoms with E-state index in [1.165, 1.54) is 0 Å². The van der Waals surface area contributed by atoms with Gasteiger partial charge in [-0.1, -0.05) is 13.8 Å². The zero-order chi connectivity index (χ0) is 12.0. The molecule has 0 spiro atoms. The molecule has 2 atom stereocenters. The zero-order valence-corrected chi connectivity index (χ0v) is 10.6. The Hall–Kier alpha value is -0.610. The molecule has 0 aliphatic heterocycles. The van der Waals surface area contributed by atoms with Crippen molar-refractivity contribution in [2.45, 2.75) is 39.3 Å². The normalized spacial score (nSPS) is 15.5. The van der Waals surface area contributed by atoms with Crippen LogP contribution in [0.25, 0.3) is 0 Å². The molecule has 0 aliphatic rings. The second kappa shape index (κ2) is 6.80. The minimum atomic E-state index is -0.0449. The molecule has 0 saturated heterocycles. The maximum absolute atomic E-state index is 11.5. The fraction of sp³-hybridized carbons (Fsp3) is 0.909. The Balaban J connectivity index is 3.83. The number of hydrogen-bond acceptors (Lipinski definition) is 3. The predicted molar refractivity (Wildman–Crippen MR) is 63.6 cm³/mol. The van der Waals surface area contributed by atoms with Crippen LogP contribution < -0.4 is 11.1 Å². The number of amides is 1. The quantitative estimate of drug-likeness (QED) is 0.675. The van der Waals surface area contributed by atoms with Gasteiger partial charge in [0, 0.05) is 25.0 Å². The molecule has 0 saturated carbocycles. The van der Waals surface area contributed by atoms with Gasteiger partial charge in [-0.25, -0.2) is 0 Å². The maximum Gasteiger partial charge on any atom is 0.221 e. The van der Waals surface area contributed by atoms with Crippen LogP contribution >= 0.6 is 0 Å². The molecule has 0 radical (unpaired) electrons. The fourth-order valence-electron chi connectivity index (χ4n) is 1.38. The lowest BCUT2D eigenvalue weighted by Gasteiger charge is -2.20. The Bertz CT molecular complexity index is 192. The van der Waals surface area contributed by atoms with Crippen molar-refractivity contribution in [2.24, 2.45) is 11.7 Å². The number of nitrogens with zero attached hydrogens (tertiary/aromatic N) is 1. The molecular formula is C11H25N3O. The highest BCUT2D eigenvalue weighted by molar-refractivity contribution is 5.76. The number of likely N-dealkylation sites (N-methyl/N-ethyl adjacent to an activating group) is 1. The van der Waals surface area contributed by atoms with Gasteiger partial charge in [-0.05, 0) is 26.9 Å². The van der Waals surface area contributed by atoms with E-state index in [2.05, 4.69) is 5.32 Å². The van der Waals surface area contributed by atoms with Crippen molar-refractivity contribution in [2.75, 3.05) is 20.6 Å². The first-order chi connectivity index (χ1) is 6.82. The van der Waals surface area contributed by atoms with Crippen LogP contribution in [0.3, 0.4) is 0 Å². The van der Waals surface area contributed by atoms with Crippen molar-refractivity contribution < 1.29 is 4.79 Å². The third-order valence-electron chi connectivity index (χ3n) is 2.32. The molecule has 0 rings (SSSR count). The Morgan fingerprint density at radius 3 is 2.27 bits per heavy atom. The molecule has 0 aromatic carbocycles. The summed E-state index contributed by atoms with van der Waals surface area (Å²) in [7, 11) is 3.98. The van der Waals surface area contributed by atoms with Gasteiger partial charge < -0.3 is 16.0 Å². The topological polar surface area (TPSA) is 58.4 Å². The molecule has 4 heteroatoms. The van der Waals surface area contributed by atoms with Gasteiger partial charge in [-0.2, -0.15) is 0 Å². The first-order valence-corrected chi connectivity index (χ1v) is 5.52. The van der Waals surface area contributed by atoms with Crippen LogP contribution in [0.4, 0.5) is 0 Å². The standard InChI is InChI=1S/C11H25N3O/c1-8(2)10(12)6-11(15)13-9(3)7-14(4)5/h8-10H,6-7,12H2,1-5H3,(H,13,15). The van der Waals surface area contributed by atoms with Crippen molar-refractivity contribution in [3.8, 4) is 0 Å². The second-order valence-electron chi connectivity index (χ2n) is 4.84. The summed E-state index contributed by atoms with van der Waals surface area (Å²) in [6, 6.07) is 0.128. The first kappa shape index (κ1) is 14.4. The molecule has 15 heavy (non-hydrogen) atoms. The molecule has 0 aromatic heterocycles. The van der Waals surface area contributed by atoms with Gasteiger partial charge in [0.05, 0.1) is 0 Å². The van der Waals surface area contributed by atoms with Crippen molar-refractivity contribution in [1.82, 2.24) is 10.2 Å². The highest BCUT2D eigenvalue weighted by atomic mass is 16.1. The Morgan fingerprint density at radius 2 is 1.87 bits per heavy atom. The molecule has 90 valence electrons. The summed E-state index contributed by atoms with van der Waals surface area (Å²) < 4.78 is 0. The molecule has 0 aliphatic carbocycles. The predicted octanol–water partition coefficient (Wildman–Crippen LogP) is 0.426. The third kappa shape index (κ3) is 7.33. The minimum Gasteiger partial charge on any atom is -0.352 e. The van der Waals surface area contributed by atoms with Crippen LogP contribution in [-0.4, -0.2) is 43.5 Å². The second-order valence-corrected chi connectivity index (χ2v) is 4.84. The van der Waals surface area contributed by atoms with Crippen molar-refractivity contribution in [1.29, 1.82) is 0 Å². The Labute approximate surface area is 93.2 Å². The Morgan fingerprint density at radius 1 is 1.33 bits per heavy atom. The van der Waals surface area contributed by atoms with Crippen LogP contribution in [0.1, 0.15) is 27.2 Å². The SMILES string of the molecule is CC(CN(C)C)NC(=O)CC(N)C(C)C. The monoisotopic (exact) mass is 215 g/mol. The highest BCUT2D eigenvalue weighted by Crippen LogP contribution is 2.02. The average molecular weight is 215 g/mol. The Kier molecular flexibility index (Phi) is 6.52. The fourth-order valence-corrected chi connectivity index (χ4v) is 1.38. The van der Waals surface area contributed by atoms with E-state index in [4.69, 9.17) is 5.73 Å². The van der Waals surface area contributed by atoms with Gasteiger partial charge in [-0.15, -0.1) is 0 Å². The third-order valence-corrected chi connectivity index (χ3v) is 2.32. The number of carbonyl (C=O) groups is 1. The molecule has 2 unspecified atom stereocenters. The lowest BCUT2D eigenvalue weighted by molar-refractivity contribution is -0.122. The number of nitrogens with two attached hydrogens (primary N) is 1. The summed E-state index contributed by atoms with van der Waals surface area (Å²) in [5.74, 6) is 0.394. The number of hydrogen-bond donors (Lipinski definition) is 2. The minimum absolute atomic E-state index is 0.0449. The van der Waals surface area contributed by atoms with Gasteiger partial charge in [0.2, 0.25) is 5.91 Å². The van der Waals surface area contributed by atoms with Gasteiger partial charge in [-0.3, -0.25) is 4.79 Å². The number of nitrogens with one attached hydrogen (secondary N) is 1. The number of carbonyl (C=O) groups excluding carboxylic acids is 1. The average Bonchev–Trinajstić information content (AvgIpc) is 2.00. The van der Waals surface area contributed by atoms with Crippen LogP contribution in [0.2, 0.25) is 0 Å². The van der Waals surface area contributed by atoms with E-state index >= 15 is 0 Å². The lowest BCUT2D eigenvalue weighted by Crippen LogP contribution is -2.42. The van der Waals surface area contributed by atoms with Gasteiger partial charge >= 0.3 is 0 Å². The maximum atomic E-state index is 11.5. The summed E-state index contributed by atoms with van der Waals surface area (Å²) in [5.41, 5.74) is 5.82. The molecule has 0 fully saturated rings. The van der Waals surface area contributed by atoms with E-state index < -0.39 is 0 Å². The van der Waals surface area contributed by atoms with Crippen molar-refractivity contribution in [3.63, 3.8) is 0 Å². The van der Waals surface area contributed by atoms with Crippen LogP contribution in [-0.2, 0) is 4.79 Å². The van der Waals surface area contributed by atoms with Crippen LogP contribution in [0, 0.1) is 5.92 Å². The molecule has 4 nitrogen and oxygen atoms in total. The van der Waals surface area contributed by atoms with E-state index in [0.717, 1.165) is 6.54 Å². The largest absolute Gasteiger partial charge is 0.352 e. The van der Waals surface area contributed by atoms with Crippen LogP contribution in [0.15, 0.2) is 0 Å². The summed E-state index contributed by atoms with van der Waals surface area (Å²) in [6.07, 6.45) is 0.412. The summed E-state index contributed by atoms with van der Waals surface area (Å²) in [5, 5.41) is 2.94. The van der Waals surface area contributed by atoms with E-state index in [-0.39, 0.29) is 18.0 Å². The molecule has 0 aromatic rings. The molecular weight excluding hydrogens is 190 g/mol. The van der Waals surface area contributed by atoms with Gasteiger partial charge in [0.15, 0.2) is 0 Å². The van der Waals surface area contributed by atoms with Gasteiger partial charge in [0.25, 0.3) is 0 Å². The molecule has 0 bridgehead atoms. The van der Waals surface area contributed by atoms with Crippen LogP contribution in [0.5, 0.6) is 0 Å². The van der Waals surface area contributed by atoms with Crippen molar-refractivity contribution in [3.05, 3.63) is 0 Å². The van der Waals surface area contributed by atoms with Crippen molar-refractivity contribution >= 4 is 5.91 Å². The summed E-state index contributed by atoms with van der Waals surface area (Å²) in [6.45, 7) is 6.91.